The first-order chi connectivity index (χ1) is 12.8. The fourth-order valence-corrected chi connectivity index (χ4v) is 3.87. The molecule has 2 aromatic rings. The Labute approximate surface area is 158 Å². The van der Waals surface area contributed by atoms with E-state index in [9.17, 15) is 13.2 Å². The van der Waals surface area contributed by atoms with Gasteiger partial charge in [0.05, 0.1) is 20.5 Å². The Morgan fingerprint density at radius 2 is 1.78 bits per heavy atom. The van der Waals surface area contributed by atoms with Crippen LogP contribution in [-0.2, 0) is 23.0 Å². The van der Waals surface area contributed by atoms with Crippen LogP contribution in [0, 0.1) is 0 Å². The van der Waals surface area contributed by atoms with Gasteiger partial charge in [-0.25, -0.2) is 8.42 Å². The molecule has 0 radical (unpaired) electrons. The van der Waals surface area contributed by atoms with Crippen LogP contribution in [-0.4, -0.2) is 45.7 Å². The van der Waals surface area contributed by atoms with Gasteiger partial charge in [-0.15, -0.1) is 0 Å². The number of nitrogens with one attached hydrogen (secondary N) is 1. The van der Waals surface area contributed by atoms with Crippen LogP contribution < -0.4 is 14.8 Å². The number of anilines is 1. The van der Waals surface area contributed by atoms with Gasteiger partial charge in [0.1, 0.15) is 0 Å². The molecule has 1 heterocycles. The Bertz CT molecular complexity index is 972. The molecule has 0 atom stereocenters. The van der Waals surface area contributed by atoms with Crippen molar-refractivity contribution < 1.29 is 22.7 Å². The minimum Gasteiger partial charge on any atom is -0.493 e. The van der Waals surface area contributed by atoms with Crippen LogP contribution in [0.2, 0.25) is 0 Å². The van der Waals surface area contributed by atoms with Crippen molar-refractivity contribution in [3.63, 3.8) is 0 Å². The molecule has 0 fully saturated rings. The number of amides is 1. The number of carbonyl (C=O) groups excluding carboxylic acids is 1. The van der Waals surface area contributed by atoms with E-state index in [1.54, 1.807) is 18.2 Å². The van der Waals surface area contributed by atoms with E-state index in [2.05, 4.69) is 5.32 Å². The number of ether oxygens (including phenoxy) is 2. The van der Waals surface area contributed by atoms with Gasteiger partial charge >= 0.3 is 0 Å². The van der Waals surface area contributed by atoms with Crippen LogP contribution in [0.1, 0.15) is 21.5 Å². The number of carbonyl (C=O) groups is 1. The summed E-state index contributed by atoms with van der Waals surface area (Å²) in [4.78, 5) is 12.6. The average molecular weight is 390 g/mol. The van der Waals surface area contributed by atoms with Gasteiger partial charge in [0.2, 0.25) is 10.0 Å². The molecule has 2 aromatic carbocycles. The summed E-state index contributed by atoms with van der Waals surface area (Å²) in [5.74, 6) is 0.731. The van der Waals surface area contributed by atoms with Gasteiger partial charge in [0.25, 0.3) is 5.91 Å². The van der Waals surface area contributed by atoms with Gasteiger partial charge in [-0.1, -0.05) is 6.07 Å². The second-order valence-corrected chi connectivity index (χ2v) is 8.34. The van der Waals surface area contributed by atoms with Crippen LogP contribution in [0.5, 0.6) is 11.5 Å². The zero-order valence-corrected chi connectivity index (χ0v) is 16.3. The van der Waals surface area contributed by atoms with E-state index in [-0.39, 0.29) is 5.91 Å². The number of hydrogen-bond acceptors (Lipinski definition) is 5. The molecule has 0 aliphatic carbocycles. The van der Waals surface area contributed by atoms with Crippen molar-refractivity contribution in [3.05, 3.63) is 53.1 Å². The van der Waals surface area contributed by atoms with Crippen LogP contribution in [0.3, 0.4) is 0 Å². The highest BCUT2D eigenvalue weighted by Crippen LogP contribution is 2.28. The quantitative estimate of drug-likeness (QED) is 0.847. The molecule has 0 unspecified atom stereocenters. The Morgan fingerprint density at radius 3 is 2.44 bits per heavy atom. The minimum atomic E-state index is -3.24. The van der Waals surface area contributed by atoms with E-state index in [0.717, 1.165) is 11.1 Å². The molecule has 144 valence electrons. The molecule has 0 aromatic heterocycles. The van der Waals surface area contributed by atoms with Gasteiger partial charge in [-0.05, 0) is 47.9 Å². The maximum absolute atomic E-state index is 12.6. The summed E-state index contributed by atoms with van der Waals surface area (Å²) in [6.45, 7) is 0.789. The first-order valence-electron chi connectivity index (χ1n) is 8.42. The van der Waals surface area contributed by atoms with Crippen LogP contribution >= 0.6 is 0 Å². The number of sulfonamides is 1. The topological polar surface area (TPSA) is 84.9 Å². The number of fused-ring (bicyclic) bond motifs is 1. The second kappa shape index (κ2) is 7.58. The van der Waals surface area contributed by atoms with Crippen LogP contribution in [0.25, 0.3) is 0 Å². The number of hydrogen-bond donors (Lipinski definition) is 1. The van der Waals surface area contributed by atoms with Crippen molar-refractivity contribution in [1.82, 2.24) is 4.31 Å². The fraction of sp³-hybridized carbons (Fsp3) is 0.316. The van der Waals surface area contributed by atoms with Crippen molar-refractivity contribution in [2.24, 2.45) is 0 Å². The molecule has 7 nitrogen and oxygen atoms in total. The molecule has 1 aliphatic heterocycles. The van der Waals surface area contributed by atoms with Gasteiger partial charge in [-0.3, -0.25) is 4.79 Å². The summed E-state index contributed by atoms with van der Waals surface area (Å²) in [6, 6.07) is 10.5. The lowest BCUT2D eigenvalue weighted by molar-refractivity contribution is 0.102. The van der Waals surface area contributed by atoms with Gasteiger partial charge in [-0.2, -0.15) is 4.31 Å². The maximum atomic E-state index is 12.6. The standard InChI is InChI=1S/C19H22N2O5S/c1-25-17-7-5-14(11-18(17)26-2)19(22)20-16-6-4-13-8-9-21(27(3,23)24)12-15(13)10-16/h4-7,10-11H,8-9,12H2,1-3H3,(H,20,22). The first kappa shape index (κ1) is 19.2. The van der Waals surface area contributed by atoms with Crippen molar-refractivity contribution in [3.8, 4) is 11.5 Å². The minimum absolute atomic E-state index is 0.285. The highest BCUT2D eigenvalue weighted by Gasteiger charge is 2.23. The lowest BCUT2D eigenvalue weighted by atomic mass is 10.0. The molecule has 1 amide bonds. The van der Waals surface area contributed by atoms with Crippen molar-refractivity contribution in [2.75, 3.05) is 32.3 Å². The number of benzene rings is 2. The third-order valence-electron chi connectivity index (χ3n) is 4.56. The summed E-state index contributed by atoms with van der Waals surface area (Å²) < 4.78 is 35.4. The zero-order chi connectivity index (χ0) is 19.6. The normalized spacial score (nSPS) is 14.3. The third-order valence-corrected chi connectivity index (χ3v) is 5.81. The van der Waals surface area contributed by atoms with Crippen molar-refractivity contribution in [2.45, 2.75) is 13.0 Å². The largest absolute Gasteiger partial charge is 0.493 e. The molecule has 0 saturated heterocycles. The molecule has 27 heavy (non-hydrogen) atoms. The van der Waals surface area contributed by atoms with E-state index in [4.69, 9.17) is 9.47 Å². The van der Waals surface area contributed by atoms with Crippen molar-refractivity contribution >= 4 is 21.6 Å². The fourth-order valence-electron chi connectivity index (χ4n) is 3.07. The predicted molar refractivity (Wildman–Crippen MR) is 103 cm³/mol. The third kappa shape index (κ3) is 4.23. The summed E-state index contributed by atoms with van der Waals surface area (Å²) in [5.41, 5.74) is 3.04. The smallest absolute Gasteiger partial charge is 0.255 e. The van der Waals surface area contributed by atoms with Gasteiger partial charge < -0.3 is 14.8 Å². The van der Waals surface area contributed by atoms with E-state index >= 15 is 0 Å². The molecule has 1 N–H and O–H groups in total. The number of nitrogens with zero attached hydrogens (tertiary/aromatic N) is 1. The summed E-state index contributed by atoms with van der Waals surface area (Å²) in [5, 5.41) is 2.85. The second-order valence-electron chi connectivity index (χ2n) is 6.35. The molecule has 1 aliphatic rings. The average Bonchev–Trinajstić information content (AvgIpc) is 2.66. The van der Waals surface area contributed by atoms with E-state index in [1.165, 1.54) is 24.8 Å². The number of methoxy groups -OCH3 is 2. The molecule has 0 spiro atoms. The van der Waals surface area contributed by atoms with Crippen LogP contribution in [0.15, 0.2) is 36.4 Å². The van der Waals surface area contributed by atoms with Gasteiger partial charge in [0, 0.05) is 24.3 Å². The van der Waals surface area contributed by atoms with E-state index in [1.807, 2.05) is 18.2 Å². The van der Waals surface area contributed by atoms with Gasteiger partial charge in [0.15, 0.2) is 11.5 Å². The Kier molecular flexibility index (Phi) is 5.38. The highest BCUT2D eigenvalue weighted by atomic mass is 32.2. The first-order valence-corrected chi connectivity index (χ1v) is 10.3. The summed E-state index contributed by atoms with van der Waals surface area (Å²) in [7, 11) is -0.199. The maximum Gasteiger partial charge on any atom is 0.255 e. The van der Waals surface area contributed by atoms with E-state index < -0.39 is 10.0 Å². The SMILES string of the molecule is COc1ccc(C(=O)Nc2ccc3c(c2)CN(S(C)(=O)=O)CC3)cc1OC. The highest BCUT2D eigenvalue weighted by molar-refractivity contribution is 7.88. The number of rotatable bonds is 5. The lowest BCUT2D eigenvalue weighted by Crippen LogP contribution is -2.35. The molecular formula is C19H22N2O5S. The van der Waals surface area contributed by atoms with Crippen molar-refractivity contribution in [1.29, 1.82) is 0 Å². The molecule has 0 saturated carbocycles. The molecule has 0 bridgehead atoms. The molecule has 8 heteroatoms. The predicted octanol–water partition coefficient (Wildman–Crippen LogP) is 2.27. The molecule has 3 rings (SSSR count). The van der Waals surface area contributed by atoms with E-state index in [0.29, 0.717) is 42.3 Å². The lowest BCUT2D eigenvalue weighted by Gasteiger charge is -2.27. The molecular weight excluding hydrogens is 368 g/mol. The Hall–Kier alpha value is -2.58. The summed E-state index contributed by atoms with van der Waals surface area (Å²) >= 11 is 0. The Morgan fingerprint density at radius 1 is 1.04 bits per heavy atom. The monoisotopic (exact) mass is 390 g/mol. The zero-order valence-electron chi connectivity index (χ0n) is 15.5. The summed E-state index contributed by atoms with van der Waals surface area (Å²) in [6.07, 6.45) is 1.87. The Balaban J connectivity index is 1.80. The van der Waals surface area contributed by atoms with Crippen LogP contribution in [0.4, 0.5) is 5.69 Å².